The van der Waals surface area contributed by atoms with Gasteiger partial charge in [0.05, 0.1) is 0 Å². The highest BCUT2D eigenvalue weighted by Crippen LogP contribution is 2.12. The third-order valence-electron chi connectivity index (χ3n) is 1.17. The van der Waals surface area contributed by atoms with Crippen molar-refractivity contribution >= 4 is 17.4 Å². The van der Waals surface area contributed by atoms with Gasteiger partial charge in [-0.25, -0.2) is 0 Å². The molecule has 11 heavy (non-hydrogen) atoms. The third kappa shape index (κ3) is 1.23. The van der Waals surface area contributed by atoms with Crippen LogP contribution in [0.4, 0.5) is 11.6 Å². The summed E-state index contributed by atoms with van der Waals surface area (Å²) in [5.74, 6) is -0.225. The smallest absolute Gasteiger partial charge is 0.167 e. The molecule has 0 aliphatic rings. The Morgan fingerprint density at radius 2 is 1.73 bits per heavy atom. The Kier molecular flexibility index (Phi) is 1.67. The van der Waals surface area contributed by atoms with Crippen LogP contribution in [-0.2, 0) is 0 Å². The van der Waals surface area contributed by atoms with Crippen LogP contribution in [0.25, 0.3) is 0 Å². The summed E-state index contributed by atoms with van der Waals surface area (Å²) in [6.07, 6.45) is 0. The van der Waals surface area contributed by atoms with E-state index in [1.165, 1.54) is 6.92 Å². The summed E-state index contributed by atoms with van der Waals surface area (Å²) < 4.78 is 0. The number of nitrogen functional groups attached to an aromatic ring is 2. The Morgan fingerprint density at radius 1 is 1.27 bits per heavy atom. The number of carbonyl (C=O) groups is 1. The van der Waals surface area contributed by atoms with Crippen LogP contribution in [0.2, 0.25) is 0 Å². The van der Waals surface area contributed by atoms with Gasteiger partial charge in [0.15, 0.2) is 17.4 Å². The fourth-order valence-corrected chi connectivity index (χ4v) is 0.711. The van der Waals surface area contributed by atoms with E-state index in [2.05, 4.69) is 15.4 Å². The summed E-state index contributed by atoms with van der Waals surface area (Å²) in [5.41, 5.74) is 10.8. The van der Waals surface area contributed by atoms with Crippen molar-refractivity contribution in [1.82, 2.24) is 15.4 Å². The number of nitrogens with zero attached hydrogens (tertiary/aromatic N) is 3. The molecule has 0 unspecified atom stereocenters. The summed E-state index contributed by atoms with van der Waals surface area (Å²) in [7, 11) is 0. The molecule has 0 bridgehead atoms. The van der Waals surface area contributed by atoms with Crippen molar-refractivity contribution in [2.24, 2.45) is 0 Å². The molecule has 1 rings (SSSR count). The minimum atomic E-state index is -0.262. The fraction of sp³-hybridized carbons (Fsp3) is 0.200. The lowest BCUT2D eigenvalue weighted by Gasteiger charge is -1.99. The van der Waals surface area contributed by atoms with Crippen molar-refractivity contribution in [3.05, 3.63) is 5.56 Å². The minimum absolute atomic E-state index is 0.0185. The van der Waals surface area contributed by atoms with Gasteiger partial charge in [-0.1, -0.05) is 0 Å². The Hall–Kier alpha value is -1.72. The number of nitrogens with two attached hydrogens (primary N) is 2. The third-order valence-corrected chi connectivity index (χ3v) is 1.17. The van der Waals surface area contributed by atoms with Gasteiger partial charge in [-0.05, 0) is 12.1 Å². The van der Waals surface area contributed by atoms with Crippen LogP contribution in [0.15, 0.2) is 0 Å². The summed E-state index contributed by atoms with van der Waals surface area (Å²) in [5, 5.41) is 9.98. The highest BCUT2D eigenvalue weighted by Gasteiger charge is 2.11. The van der Waals surface area contributed by atoms with E-state index in [0.717, 1.165) is 0 Å². The lowest BCUT2D eigenvalue weighted by molar-refractivity contribution is 0.101. The molecule has 1 aromatic heterocycles. The topological polar surface area (TPSA) is 108 Å². The van der Waals surface area contributed by atoms with E-state index in [9.17, 15) is 4.79 Å². The molecule has 1 aromatic rings. The quantitative estimate of drug-likeness (QED) is 0.513. The zero-order chi connectivity index (χ0) is 8.43. The molecule has 4 N–H and O–H groups in total. The maximum atomic E-state index is 10.8. The van der Waals surface area contributed by atoms with Gasteiger partial charge in [0.2, 0.25) is 0 Å². The van der Waals surface area contributed by atoms with E-state index in [0.29, 0.717) is 0 Å². The van der Waals surface area contributed by atoms with Crippen molar-refractivity contribution in [1.29, 1.82) is 0 Å². The van der Waals surface area contributed by atoms with E-state index < -0.39 is 0 Å². The summed E-state index contributed by atoms with van der Waals surface area (Å²) in [6.45, 7) is 1.34. The molecule has 1 heterocycles. The number of hydrogen-bond donors (Lipinski definition) is 2. The van der Waals surface area contributed by atoms with Gasteiger partial charge < -0.3 is 11.5 Å². The number of aromatic nitrogens is 3. The van der Waals surface area contributed by atoms with Gasteiger partial charge >= 0.3 is 0 Å². The zero-order valence-electron chi connectivity index (χ0n) is 5.90. The highest BCUT2D eigenvalue weighted by atomic mass is 16.1. The van der Waals surface area contributed by atoms with Crippen LogP contribution in [0, 0.1) is 0 Å². The Labute approximate surface area is 62.6 Å². The molecule has 0 radical (unpaired) electrons. The fourth-order valence-electron chi connectivity index (χ4n) is 0.711. The first kappa shape index (κ1) is 7.39. The van der Waals surface area contributed by atoms with E-state index in [-0.39, 0.29) is 23.0 Å². The van der Waals surface area contributed by atoms with Crippen LogP contribution < -0.4 is 11.5 Å². The monoisotopic (exact) mass is 153 g/mol. The molecule has 6 heteroatoms. The van der Waals surface area contributed by atoms with Gasteiger partial charge in [-0.3, -0.25) is 4.79 Å². The molecule has 0 aliphatic carbocycles. The normalized spacial score (nSPS) is 9.55. The first-order valence-corrected chi connectivity index (χ1v) is 2.88. The van der Waals surface area contributed by atoms with E-state index in [1.807, 2.05) is 0 Å². The molecular weight excluding hydrogens is 146 g/mol. The SMILES string of the molecule is CC(=O)c1c(N)nnnc1N. The predicted molar refractivity (Wildman–Crippen MR) is 38.7 cm³/mol. The first-order valence-electron chi connectivity index (χ1n) is 2.88. The number of carbonyl (C=O) groups excluding carboxylic acids is 1. The highest BCUT2D eigenvalue weighted by molar-refractivity contribution is 6.02. The second-order valence-corrected chi connectivity index (χ2v) is 1.99. The van der Waals surface area contributed by atoms with Crippen LogP contribution in [-0.4, -0.2) is 21.2 Å². The van der Waals surface area contributed by atoms with Gasteiger partial charge in [0.1, 0.15) is 5.56 Å². The number of anilines is 2. The average molecular weight is 153 g/mol. The number of ketones is 1. The number of hydrogen-bond acceptors (Lipinski definition) is 6. The van der Waals surface area contributed by atoms with Crippen molar-refractivity contribution < 1.29 is 4.79 Å². The number of Topliss-reactive ketones (excluding diaryl/α,β-unsaturated/α-hetero) is 1. The predicted octanol–water partition coefficient (Wildman–Crippen LogP) is -0.761. The zero-order valence-corrected chi connectivity index (χ0v) is 5.90. The standard InChI is InChI=1S/C5H7N5O/c1-2(11)3-4(6)8-10-9-5(3)7/h1H3,(H4,6,7,8,9). The molecule has 58 valence electrons. The van der Waals surface area contributed by atoms with Gasteiger partial charge in [0.25, 0.3) is 0 Å². The molecule has 0 amide bonds. The number of rotatable bonds is 1. The van der Waals surface area contributed by atoms with Gasteiger partial charge in [-0.15, -0.1) is 10.2 Å². The van der Waals surface area contributed by atoms with Crippen LogP contribution in [0.5, 0.6) is 0 Å². The van der Waals surface area contributed by atoms with E-state index >= 15 is 0 Å². The van der Waals surface area contributed by atoms with Crippen molar-refractivity contribution in [3.8, 4) is 0 Å². The molecule has 0 spiro atoms. The summed E-state index contributed by atoms with van der Waals surface area (Å²) >= 11 is 0. The minimum Gasteiger partial charge on any atom is -0.381 e. The molecular formula is C5H7N5O. The molecule has 0 aromatic carbocycles. The summed E-state index contributed by atoms with van der Waals surface area (Å²) in [6, 6.07) is 0. The summed E-state index contributed by atoms with van der Waals surface area (Å²) in [4.78, 5) is 10.8. The first-order chi connectivity index (χ1) is 5.13. The Balaban J connectivity index is 3.32. The van der Waals surface area contributed by atoms with Crippen LogP contribution in [0.1, 0.15) is 17.3 Å². The largest absolute Gasteiger partial charge is 0.381 e. The Morgan fingerprint density at radius 3 is 2.00 bits per heavy atom. The molecule has 0 saturated carbocycles. The van der Waals surface area contributed by atoms with Crippen LogP contribution in [0.3, 0.4) is 0 Å². The maximum absolute atomic E-state index is 10.8. The molecule has 0 atom stereocenters. The molecule has 0 saturated heterocycles. The molecule has 0 aliphatic heterocycles. The molecule has 6 nitrogen and oxygen atoms in total. The lowest BCUT2D eigenvalue weighted by Crippen LogP contribution is -2.10. The van der Waals surface area contributed by atoms with Gasteiger partial charge in [-0.2, -0.15) is 0 Å². The van der Waals surface area contributed by atoms with Crippen molar-refractivity contribution in [2.45, 2.75) is 6.92 Å². The lowest BCUT2D eigenvalue weighted by atomic mass is 10.2. The average Bonchev–Trinajstić information content (AvgIpc) is 1.85. The van der Waals surface area contributed by atoms with E-state index in [4.69, 9.17) is 11.5 Å². The second-order valence-electron chi connectivity index (χ2n) is 1.99. The van der Waals surface area contributed by atoms with Crippen LogP contribution >= 0.6 is 0 Å². The Bertz CT molecular complexity index is 277. The van der Waals surface area contributed by atoms with Gasteiger partial charge in [0, 0.05) is 0 Å². The van der Waals surface area contributed by atoms with E-state index in [1.54, 1.807) is 0 Å². The molecule has 0 fully saturated rings. The second kappa shape index (κ2) is 2.49. The maximum Gasteiger partial charge on any atom is 0.167 e. The van der Waals surface area contributed by atoms with Crippen molar-refractivity contribution in [3.63, 3.8) is 0 Å². The van der Waals surface area contributed by atoms with Crippen molar-refractivity contribution in [2.75, 3.05) is 11.5 Å².